The SMILES string of the molecule is O=C(Cc1coc(-c2ccccc2)n1)N1CCN(CCc2ccccc2)CC1. The van der Waals surface area contributed by atoms with E-state index in [1.807, 2.05) is 41.3 Å². The third-order valence-corrected chi connectivity index (χ3v) is 5.19. The number of amides is 1. The van der Waals surface area contributed by atoms with Gasteiger partial charge in [0.05, 0.1) is 12.1 Å². The Labute approximate surface area is 165 Å². The van der Waals surface area contributed by atoms with Crippen LogP contribution in [0.25, 0.3) is 11.5 Å². The summed E-state index contributed by atoms with van der Waals surface area (Å²) >= 11 is 0. The van der Waals surface area contributed by atoms with Crippen LogP contribution in [-0.4, -0.2) is 53.4 Å². The highest BCUT2D eigenvalue weighted by Crippen LogP contribution is 2.18. The number of nitrogens with zero attached hydrogens (tertiary/aromatic N) is 3. The van der Waals surface area contributed by atoms with Gasteiger partial charge in [0.25, 0.3) is 0 Å². The highest BCUT2D eigenvalue weighted by atomic mass is 16.3. The summed E-state index contributed by atoms with van der Waals surface area (Å²) in [5.41, 5.74) is 2.98. The number of piperazine rings is 1. The summed E-state index contributed by atoms with van der Waals surface area (Å²) in [4.78, 5) is 21.5. The minimum Gasteiger partial charge on any atom is -0.444 e. The van der Waals surface area contributed by atoms with E-state index in [9.17, 15) is 4.79 Å². The highest BCUT2D eigenvalue weighted by Gasteiger charge is 2.22. The van der Waals surface area contributed by atoms with E-state index in [2.05, 4.69) is 34.1 Å². The van der Waals surface area contributed by atoms with Crippen LogP contribution in [-0.2, 0) is 17.6 Å². The van der Waals surface area contributed by atoms with Gasteiger partial charge in [-0.25, -0.2) is 4.98 Å². The quantitative estimate of drug-likeness (QED) is 0.664. The van der Waals surface area contributed by atoms with Gasteiger partial charge in [0, 0.05) is 38.3 Å². The predicted molar refractivity (Wildman–Crippen MR) is 109 cm³/mol. The van der Waals surface area contributed by atoms with Crippen molar-refractivity contribution in [1.82, 2.24) is 14.8 Å². The monoisotopic (exact) mass is 375 g/mol. The minimum atomic E-state index is 0.121. The zero-order valence-corrected chi connectivity index (χ0v) is 16.0. The summed E-state index contributed by atoms with van der Waals surface area (Å²) < 4.78 is 5.54. The molecule has 1 aliphatic rings. The zero-order valence-electron chi connectivity index (χ0n) is 16.0. The molecule has 1 amide bonds. The van der Waals surface area contributed by atoms with Crippen molar-refractivity contribution in [1.29, 1.82) is 0 Å². The molecule has 5 nitrogen and oxygen atoms in total. The first kappa shape index (κ1) is 18.4. The van der Waals surface area contributed by atoms with Crippen LogP contribution >= 0.6 is 0 Å². The molecule has 0 saturated carbocycles. The highest BCUT2D eigenvalue weighted by molar-refractivity contribution is 5.78. The van der Waals surface area contributed by atoms with Crippen molar-refractivity contribution < 1.29 is 9.21 Å². The standard InChI is InChI=1S/C23H25N3O2/c27-22(17-21-18-28-23(24-21)20-9-5-2-6-10-20)26-15-13-25(14-16-26)12-11-19-7-3-1-4-8-19/h1-10,18H,11-17H2. The molecule has 28 heavy (non-hydrogen) atoms. The number of hydrogen-bond donors (Lipinski definition) is 0. The van der Waals surface area contributed by atoms with Crippen molar-refractivity contribution in [3.8, 4) is 11.5 Å². The molecule has 5 heteroatoms. The predicted octanol–water partition coefficient (Wildman–Crippen LogP) is 3.27. The van der Waals surface area contributed by atoms with Crippen LogP contribution in [0.2, 0.25) is 0 Å². The molecule has 1 saturated heterocycles. The lowest BCUT2D eigenvalue weighted by Crippen LogP contribution is -2.49. The molecular formula is C23H25N3O2. The molecule has 0 spiro atoms. The summed E-state index contributed by atoms with van der Waals surface area (Å²) in [6.45, 7) is 4.43. The molecule has 0 bridgehead atoms. The Balaban J connectivity index is 1.25. The summed E-state index contributed by atoms with van der Waals surface area (Å²) in [5.74, 6) is 0.685. The van der Waals surface area contributed by atoms with Gasteiger partial charge in [0.15, 0.2) is 0 Å². The molecule has 1 aromatic heterocycles. The molecular weight excluding hydrogens is 350 g/mol. The number of hydrogen-bond acceptors (Lipinski definition) is 4. The normalized spacial score (nSPS) is 14.9. The van der Waals surface area contributed by atoms with E-state index < -0.39 is 0 Å². The maximum Gasteiger partial charge on any atom is 0.228 e. The van der Waals surface area contributed by atoms with E-state index in [1.165, 1.54) is 5.56 Å². The van der Waals surface area contributed by atoms with Crippen molar-refractivity contribution in [2.45, 2.75) is 12.8 Å². The molecule has 1 fully saturated rings. The zero-order chi connectivity index (χ0) is 19.2. The third kappa shape index (κ3) is 4.67. The first-order valence-electron chi connectivity index (χ1n) is 9.82. The average Bonchev–Trinajstić information content (AvgIpc) is 3.22. The summed E-state index contributed by atoms with van der Waals surface area (Å²) in [5, 5.41) is 0. The van der Waals surface area contributed by atoms with Crippen molar-refractivity contribution in [3.05, 3.63) is 78.2 Å². The van der Waals surface area contributed by atoms with Crippen LogP contribution in [0.15, 0.2) is 71.3 Å². The largest absolute Gasteiger partial charge is 0.444 e. The maximum atomic E-state index is 12.6. The van der Waals surface area contributed by atoms with Crippen molar-refractivity contribution in [3.63, 3.8) is 0 Å². The lowest BCUT2D eigenvalue weighted by Gasteiger charge is -2.34. The lowest BCUT2D eigenvalue weighted by atomic mass is 10.1. The van der Waals surface area contributed by atoms with Gasteiger partial charge in [-0.3, -0.25) is 9.69 Å². The van der Waals surface area contributed by atoms with Gasteiger partial charge in [-0.15, -0.1) is 0 Å². The van der Waals surface area contributed by atoms with Crippen LogP contribution < -0.4 is 0 Å². The second kappa shape index (κ2) is 8.85. The van der Waals surface area contributed by atoms with Crippen LogP contribution in [0.5, 0.6) is 0 Å². The number of carbonyl (C=O) groups is 1. The molecule has 0 N–H and O–H groups in total. The molecule has 0 atom stereocenters. The number of benzene rings is 2. The lowest BCUT2D eigenvalue weighted by molar-refractivity contribution is -0.132. The molecule has 0 unspecified atom stereocenters. The summed E-state index contributed by atoms with van der Waals surface area (Å²) in [6, 6.07) is 20.3. The molecule has 2 heterocycles. The Bertz CT molecular complexity index is 884. The molecule has 2 aromatic carbocycles. The second-order valence-electron chi connectivity index (χ2n) is 7.14. The Morgan fingerprint density at radius 3 is 2.32 bits per heavy atom. The number of rotatable bonds is 6. The first-order chi connectivity index (χ1) is 13.8. The van der Waals surface area contributed by atoms with E-state index in [0.29, 0.717) is 18.0 Å². The Kier molecular flexibility index (Phi) is 5.83. The molecule has 0 aliphatic carbocycles. The fourth-order valence-electron chi connectivity index (χ4n) is 3.52. The summed E-state index contributed by atoms with van der Waals surface area (Å²) in [6.07, 6.45) is 2.94. The Hall–Kier alpha value is -2.92. The van der Waals surface area contributed by atoms with E-state index in [4.69, 9.17) is 4.42 Å². The molecule has 1 aliphatic heterocycles. The number of carbonyl (C=O) groups excluding carboxylic acids is 1. The van der Waals surface area contributed by atoms with E-state index in [0.717, 1.165) is 44.7 Å². The van der Waals surface area contributed by atoms with Crippen molar-refractivity contribution in [2.24, 2.45) is 0 Å². The third-order valence-electron chi connectivity index (χ3n) is 5.19. The van der Waals surface area contributed by atoms with Gasteiger partial charge in [0.2, 0.25) is 11.8 Å². The smallest absolute Gasteiger partial charge is 0.228 e. The minimum absolute atomic E-state index is 0.121. The average molecular weight is 375 g/mol. The van der Waals surface area contributed by atoms with Crippen molar-refractivity contribution in [2.75, 3.05) is 32.7 Å². The van der Waals surface area contributed by atoms with E-state index >= 15 is 0 Å². The maximum absolute atomic E-state index is 12.6. The topological polar surface area (TPSA) is 49.6 Å². The molecule has 4 rings (SSSR count). The molecule has 0 radical (unpaired) electrons. The van der Waals surface area contributed by atoms with Crippen molar-refractivity contribution >= 4 is 5.91 Å². The number of aromatic nitrogens is 1. The summed E-state index contributed by atoms with van der Waals surface area (Å²) in [7, 11) is 0. The second-order valence-corrected chi connectivity index (χ2v) is 7.14. The fourth-order valence-corrected chi connectivity index (χ4v) is 3.52. The molecule has 144 valence electrons. The van der Waals surface area contributed by atoms with E-state index in [-0.39, 0.29) is 5.91 Å². The van der Waals surface area contributed by atoms with Gasteiger partial charge in [-0.05, 0) is 24.1 Å². The van der Waals surface area contributed by atoms with Gasteiger partial charge in [-0.1, -0.05) is 48.5 Å². The van der Waals surface area contributed by atoms with Gasteiger partial charge < -0.3 is 9.32 Å². The Morgan fingerprint density at radius 1 is 0.929 bits per heavy atom. The van der Waals surface area contributed by atoms with Crippen LogP contribution in [0.4, 0.5) is 0 Å². The van der Waals surface area contributed by atoms with Gasteiger partial charge in [-0.2, -0.15) is 0 Å². The fraction of sp³-hybridized carbons (Fsp3) is 0.304. The first-order valence-corrected chi connectivity index (χ1v) is 9.82. The molecule has 3 aromatic rings. The Morgan fingerprint density at radius 2 is 1.61 bits per heavy atom. The van der Waals surface area contributed by atoms with Crippen LogP contribution in [0.1, 0.15) is 11.3 Å². The number of oxazole rings is 1. The van der Waals surface area contributed by atoms with Crippen LogP contribution in [0, 0.1) is 0 Å². The van der Waals surface area contributed by atoms with Gasteiger partial charge in [0.1, 0.15) is 6.26 Å². The van der Waals surface area contributed by atoms with E-state index in [1.54, 1.807) is 6.26 Å². The van der Waals surface area contributed by atoms with Crippen LogP contribution in [0.3, 0.4) is 0 Å². The van der Waals surface area contributed by atoms with Gasteiger partial charge >= 0.3 is 0 Å².